The molecule has 27 heavy (non-hydrogen) atoms. The fraction of sp³-hybridized carbons (Fsp3) is 0.167. The Morgan fingerprint density at radius 1 is 1.30 bits per heavy atom. The van der Waals surface area contributed by atoms with E-state index in [0.29, 0.717) is 28.1 Å². The third-order valence-electron chi connectivity index (χ3n) is 3.81. The van der Waals surface area contributed by atoms with Crippen molar-refractivity contribution in [3.8, 4) is 11.4 Å². The summed E-state index contributed by atoms with van der Waals surface area (Å²) >= 11 is 7.25. The number of carbonyl (C=O) groups excluding carboxylic acids is 1. The molecule has 2 aromatic carbocycles. The second-order valence-electron chi connectivity index (χ2n) is 5.76. The summed E-state index contributed by atoms with van der Waals surface area (Å²) in [6.07, 6.45) is 0. The number of aromatic nitrogens is 3. The molecule has 0 bridgehead atoms. The highest BCUT2D eigenvalue weighted by Crippen LogP contribution is 2.25. The number of nitrogens with zero attached hydrogens (tertiary/aromatic N) is 3. The molecule has 0 aliphatic heterocycles. The molecule has 3 aromatic rings. The predicted octanol–water partition coefficient (Wildman–Crippen LogP) is 3.25. The quantitative estimate of drug-likeness (QED) is 0.485. The summed E-state index contributed by atoms with van der Waals surface area (Å²) in [5.41, 5.74) is 1.34. The van der Waals surface area contributed by atoms with Gasteiger partial charge < -0.3 is 11.2 Å². The SMILES string of the molecule is C[C@@H](Sc1nnc(-c2cccc(F)c2)n1N)C(=O)NCc1ccccc1Cl. The standard InChI is InChI=1S/C18H17ClFN5OS/c1-11(17(26)22-10-13-5-2-3-8-15(13)19)27-18-24-23-16(25(18)21)12-6-4-7-14(20)9-12/h2-9,11H,10,21H2,1H3,(H,22,26)/t11-/m1/s1. The Hall–Kier alpha value is -2.58. The van der Waals surface area contributed by atoms with Gasteiger partial charge in [0.25, 0.3) is 0 Å². The molecule has 1 heterocycles. The Balaban J connectivity index is 1.65. The van der Waals surface area contributed by atoms with Gasteiger partial charge in [-0.1, -0.05) is 53.7 Å². The molecule has 0 unspecified atom stereocenters. The summed E-state index contributed by atoms with van der Waals surface area (Å²) in [5.74, 6) is 5.76. The van der Waals surface area contributed by atoms with Gasteiger partial charge in [-0.2, -0.15) is 0 Å². The molecule has 0 aliphatic carbocycles. The molecule has 1 amide bonds. The van der Waals surface area contributed by atoms with Gasteiger partial charge in [-0.25, -0.2) is 9.07 Å². The average Bonchev–Trinajstić information content (AvgIpc) is 3.01. The van der Waals surface area contributed by atoms with Crippen molar-refractivity contribution >= 4 is 29.3 Å². The molecular weight excluding hydrogens is 389 g/mol. The van der Waals surface area contributed by atoms with Gasteiger partial charge in [-0.05, 0) is 30.7 Å². The van der Waals surface area contributed by atoms with Crippen molar-refractivity contribution in [3.05, 3.63) is 64.9 Å². The van der Waals surface area contributed by atoms with Gasteiger partial charge in [0.15, 0.2) is 5.82 Å². The van der Waals surface area contributed by atoms with Crippen molar-refractivity contribution < 1.29 is 9.18 Å². The maximum Gasteiger partial charge on any atom is 0.233 e. The summed E-state index contributed by atoms with van der Waals surface area (Å²) < 4.78 is 14.6. The fourth-order valence-corrected chi connectivity index (χ4v) is 3.36. The first-order valence-corrected chi connectivity index (χ1v) is 9.35. The number of hydrogen-bond acceptors (Lipinski definition) is 5. The number of rotatable bonds is 6. The van der Waals surface area contributed by atoms with Gasteiger partial charge >= 0.3 is 0 Å². The van der Waals surface area contributed by atoms with Crippen LogP contribution < -0.4 is 11.2 Å². The fourth-order valence-electron chi connectivity index (χ4n) is 2.36. The Labute approximate surface area is 164 Å². The first kappa shape index (κ1) is 19.2. The molecule has 0 saturated heterocycles. The Kier molecular flexibility index (Phi) is 5.98. The highest BCUT2D eigenvalue weighted by atomic mass is 35.5. The van der Waals surface area contributed by atoms with Crippen molar-refractivity contribution in [2.24, 2.45) is 0 Å². The molecule has 140 valence electrons. The number of halogens is 2. The summed E-state index contributed by atoms with van der Waals surface area (Å²) in [6.45, 7) is 2.07. The van der Waals surface area contributed by atoms with Crippen LogP contribution in [-0.2, 0) is 11.3 Å². The predicted molar refractivity (Wildman–Crippen MR) is 104 cm³/mol. The molecule has 1 atom stereocenters. The van der Waals surface area contributed by atoms with Crippen molar-refractivity contribution in [1.29, 1.82) is 0 Å². The Morgan fingerprint density at radius 3 is 2.81 bits per heavy atom. The molecule has 3 N–H and O–H groups in total. The van der Waals surface area contributed by atoms with Gasteiger partial charge in [-0.3, -0.25) is 4.79 Å². The minimum absolute atomic E-state index is 0.185. The van der Waals surface area contributed by atoms with Crippen LogP contribution in [0, 0.1) is 5.82 Å². The maximum absolute atomic E-state index is 13.4. The summed E-state index contributed by atoms with van der Waals surface area (Å²) in [4.78, 5) is 12.3. The van der Waals surface area contributed by atoms with E-state index in [-0.39, 0.29) is 5.91 Å². The van der Waals surface area contributed by atoms with E-state index in [9.17, 15) is 9.18 Å². The van der Waals surface area contributed by atoms with Crippen LogP contribution in [-0.4, -0.2) is 26.0 Å². The van der Waals surface area contributed by atoms with E-state index in [0.717, 1.165) is 17.3 Å². The zero-order valence-corrected chi connectivity index (χ0v) is 16.0. The van der Waals surface area contributed by atoms with Crippen LogP contribution in [0.25, 0.3) is 11.4 Å². The van der Waals surface area contributed by atoms with Crippen LogP contribution >= 0.6 is 23.4 Å². The molecule has 0 radical (unpaired) electrons. The summed E-state index contributed by atoms with van der Waals surface area (Å²) in [5, 5.41) is 11.3. The average molecular weight is 406 g/mol. The van der Waals surface area contributed by atoms with Gasteiger partial charge in [-0.15, -0.1) is 10.2 Å². The van der Waals surface area contributed by atoms with Gasteiger partial charge in [0, 0.05) is 17.1 Å². The van der Waals surface area contributed by atoms with Crippen molar-refractivity contribution in [2.75, 3.05) is 5.84 Å². The van der Waals surface area contributed by atoms with E-state index in [2.05, 4.69) is 15.5 Å². The third-order valence-corrected chi connectivity index (χ3v) is 5.24. The molecular formula is C18H17ClFN5OS. The largest absolute Gasteiger partial charge is 0.351 e. The molecule has 0 saturated carbocycles. The molecule has 9 heteroatoms. The highest BCUT2D eigenvalue weighted by Gasteiger charge is 2.20. The minimum atomic E-state index is -0.459. The number of carbonyl (C=O) groups is 1. The van der Waals surface area contributed by atoms with Crippen LogP contribution in [0.1, 0.15) is 12.5 Å². The second kappa shape index (κ2) is 8.41. The number of thioether (sulfide) groups is 1. The lowest BCUT2D eigenvalue weighted by Gasteiger charge is -2.12. The number of hydrogen-bond donors (Lipinski definition) is 2. The molecule has 0 fully saturated rings. The van der Waals surface area contributed by atoms with Crippen LogP contribution in [0.15, 0.2) is 53.7 Å². The number of nitrogens with one attached hydrogen (secondary N) is 1. The smallest absolute Gasteiger partial charge is 0.233 e. The highest BCUT2D eigenvalue weighted by molar-refractivity contribution is 8.00. The monoisotopic (exact) mass is 405 g/mol. The normalized spacial score (nSPS) is 12.0. The van der Waals surface area contributed by atoms with E-state index in [1.165, 1.54) is 16.8 Å². The first-order chi connectivity index (χ1) is 13.0. The second-order valence-corrected chi connectivity index (χ2v) is 7.47. The number of amides is 1. The van der Waals surface area contributed by atoms with Crippen LogP contribution in [0.5, 0.6) is 0 Å². The number of nitrogens with two attached hydrogens (primary N) is 1. The van der Waals surface area contributed by atoms with Gasteiger partial charge in [0.05, 0.1) is 5.25 Å². The molecule has 0 aliphatic rings. The lowest BCUT2D eigenvalue weighted by Crippen LogP contribution is -2.31. The lowest BCUT2D eigenvalue weighted by molar-refractivity contribution is -0.120. The molecule has 6 nitrogen and oxygen atoms in total. The summed E-state index contributed by atoms with van der Waals surface area (Å²) in [6, 6.07) is 13.2. The lowest BCUT2D eigenvalue weighted by atomic mass is 10.2. The van der Waals surface area contributed by atoms with Crippen molar-refractivity contribution in [1.82, 2.24) is 20.2 Å². The van der Waals surface area contributed by atoms with E-state index in [4.69, 9.17) is 17.4 Å². The zero-order chi connectivity index (χ0) is 19.4. The first-order valence-electron chi connectivity index (χ1n) is 8.10. The van der Waals surface area contributed by atoms with Crippen molar-refractivity contribution in [2.45, 2.75) is 23.9 Å². The van der Waals surface area contributed by atoms with E-state index < -0.39 is 11.1 Å². The van der Waals surface area contributed by atoms with E-state index in [1.54, 1.807) is 25.1 Å². The van der Waals surface area contributed by atoms with E-state index in [1.807, 2.05) is 18.2 Å². The molecule has 3 rings (SSSR count). The van der Waals surface area contributed by atoms with Crippen LogP contribution in [0.4, 0.5) is 4.39 Å². The van der Waals surface area contributed by atoms with Crippen LogP contribution in [0.3, 0.4) is 0 Å². The topological polar surface area (TPSA) is 85.8 Å². The Bertz CT molecular complexity index is 964. The van der Waals surface area contributed by atoms with Gasteiger partial charge in [0.1, 0.15) is 5.82 Å². The number of benzene rings is 2. The molecule has 1 aromatic heterocycles. The molecule has 0 spiro atoms. The Morgan fingerprint density at radius 2 is 2.07 bits per heavy atom. The zero-order valence-electron chi connectivity index (χ0n) is 14.4. The number of nitrogen functional groups attached to an aromatic ring is 1. The van der Waals surface area contributed by atoms with Gasteiger partial charge in [0.2, 0.25) is 11.1 Å². The maximum atomic E-state index is 13.4. The van der Waals surface area contributed by atoms with Crippen molar-refractivity contribution in [3.63, 3.8) is 0 Å². The minimum Gasteiger partial charge on any atom is -0.351 e. The summed E-state index contributed by atoms with van der Waals surface area (Å²) in [7, 11) is 0. The van der Waals surface area contributed by atoms with Crippen LogP contribution in [0.2, 0.25) is 5.02 Å². The third kappa shape index (κ3) is 4.58. The van der Waals surface area contributed by atoms with E-state index >= 15 is 0 Å².